The fourth-order valence-corrected chi connectivity index (χ4v) is 4.17. The number of anilines is 1. The Morgan fingerprint density at radius 3 is 2.11 bits per heavy atom. The molecule has 7 heteroatoms. The number of Topliss-reactive ketones (excluding diaryl/α,β-unsaturated/α-hetero) is 1. The van der Waals surface area contributed by atoms with Gasteiger partial charge >= 0.3 is 11.9 Å². The summed E-state index contributed by atoms with van der Waals surface area (Å²) in [4.78, 5) is 39.8. The van der Waals surface area contributed by atoms with Crippen LogP contribution < -0.4 is 4.90 Å². The van der Waals surface area contributed by atoms with Crippen LogP contribution in [0.1, 0.15) is 38.7 Å². The lowest BCUT2D eigenvalue weighted by Gasteiger charge is -2.43. The van der Waals surface area contributed by atoms with Crippen molar-refractivity contribution in [2.24, 2.45) is 11.8 Å². The number of methoxy groups -OCH3 is 2. The van der Waals surface area contributed by atoms with Crippen molar-refractivity contribution >= 4 is 23.4 Å². The zero-order valence-corrected chi connectivity index (χ0v) is 17.1. The van der Waals surface area contributed by atoms with Crippen LogP contribution in [0.3, 0.4) is 0 Å². The molecule has 1 aromatic rings. The van der Waals surface area contributed by atoms with E-state index in [1.54, 1.807) is 12.1 Å². The molecule has 1 aliphatic carbocycles. The molecule has 1 N–H and O–H groups in total. The summed E-state index contributed by atoms with van der Waals surface area (Å²) in [5.74, 6) is -4.94. The summed E-state index contributed by atoms with van der Waals surface area (Å²) in [5.41, 5.74) is -0.0291. The molecule has 1 aromatic carbocycles. The van der Waals surface area contributed by atoms with Gasteiger partial charge in [-0.25, -0.2) is 0 Å². The van der Waals surface area contributed by atoms with Crippen LogP contribution in [-0.4, -0.2) is 55.7 Å². The Bertz CT molecular complexity index is 723. The van der Waals surface area contributed by atoms with Gasteiger partial charge in [-0.1, -0.05) is 12.1 Å². The smallest absolute Gasteiger partial charge is 0.316 e. The van der Waals surface area contributed by atoms with Crippen molar-refractivity contribution in [1.82, 2.24) is 0 Å². The second-order valence-electron chi connectivity index (χ2n) is 7.29. The maximum Gasteiger partial charge on any atom is 0.316 e. The molecule has 0 amide bonds. The first-order valence-corrected chi connectivity index (χ1v) is 9.47. The molecule has 154 valence electrons. The van der Waals surface area contributed by atoms with Crippen LogP contribution in [0.5, 0.6) is 0 Å². The van der Waals surface area contributed by atoms with E-state index in [0.717, 1.165) is 18.8 Å². The van der Waals surface area contributed by atoms with Crippen molar-refractivity contribution in [3.05, 3.63) is 29.8 Å². The van der Waals surface area contributed by atoms with Crippen molar-refractivity contribution in [2.75, 3.05) is 32.2 Å². The maximum atomic E-state index is 12.7. The van der Waals surface area contributed by atoms with Gasteiger partial charge in [0, 0.05) is 31.1 Å². The zero-order chi connectivity index (χ0) is 21.1. The number of benzene rings is 1. The fraction of sp³-hybridized carbons (Fsp3) is 0.571. The second kappa shape index (κ2) is 8.73. The largest absolute Gasteiger partial charge is 0.469 e. The number of nitrogens with zero attached hydrogens (tertiary/aromatic N) is 1. The lowest BCUT2D eigenvalue weighted by atomic mass is 9.61. The average molecular weight is 391 g/mol. The molecule has 0 aliphatic heterocycles. The molecule has 28 heavy (non-hydrogen) atoms. The van der Waals surface area contributed by atoms with Gasteiger partial charge in [0.1, 0.15) is 5.92 Å². The van der Waals surface area contributed by atoms with Crippen LogP contribution in [-0.2, 0) is 23.9 Å². The number of aliphatic hydroxyl groups is 1. The van der Waals surface area contributed by atoms with Crippen molar-refractivity contribution in [1.29, 1.82) is 0 Å². The van der Waals surface area contributed by atoms with E-state index < -0.39 is 41.1 Å². The molecule has 1 aliphatic rings. The monoisotopic (exact) mass is 391 g/mol. The molecule has 2 rings (SSSR count). The van der Waals surface area contributed by atoms with Gasteiger partial charge in [-0.2, -0.15) is 0 Å². The molecule has 1 saturated carbocycles. The Labute approximate surface area is 165 Å². The molecule has 0 radical (unpaired) electrons. The topological polar surface area (TPSA) is 93.1 Å². The quantitative estimate of drug-likeness (QED) is 0.585. The van der Waals surface area contributed by atoms with E-state index in [9.17, 15) is 19.5 Å². The first-order valence-electron chi connectivity index (χ1n) is 9.47. The summed E-state index contributed by atoms with van der Waals surface area (Å²) in [6.45, 7) is 7.20. The van der Waals surface area contributed by atoms with E-state index >= 15 is 0 Å². The average Bonchev–Trinajstić information content (AvgIpc) is 2.67. The minimum absolute atomic E-state index is 0.319. The molecule has 0 saturated heterocycles. The molecule has 1 fully saturated rings. The van der Waals surface area contributed by atoms with Gasteiger partial charge in [-0.05, 0) is 38.5 Å². The lowest BCUT2D eigenvalue weighted by Crippen LogP contribution is -2.55. The Hall–Kier alpha value is -2.41. The number of rotatable bonds is 6. The molecule has 0 heterocycles. The Morgan fingerprint density at radius 1 is 1.11 bits per heavy atom. The third kappa shape index (κ3) is 4.04. The summed E-state index contributed by atoms with van der Waals surface area (Å²) in [6.07, 6.45) is -0.319. The number of esters is 2. The van der Waals surface area contributed by atoms with E-state index in [-0.39, 0.29) is 6.42 Å². The molecule has 0 bridgehead atoms. The predicted octanol–water partition coefficient (Wildman–Crippen LogP) is 1.92. The summed E-state index contributed by atoms with van der Waals surface area (Å²) >= 11 is 0. The number of ether oxygens (including phenoxy) is 2. The Morgan fingerprint density at radius 2 is 1.64 bits per heavy atom. The van der Waals surface area contributed by atoms with Crippen molar-refractivity contribution in [2.45, 2.75) is 38.7 Å². The van der Waals surface area contributed by atoms with Crippen LogP contribution in [0.25, 0.3) is 0 Å². The SMILES string of the molecule is CCN(CC)c1ccc([C@H]2[C@H](C(=O)OC)C(=O)C[C@](C)(O)[C@@H]2C(=O)OC)cc1. The minimum Gasteiger partial charge on any atom is -0.469 e. The Kier molecular flexibility index (Phi) is 6.82. The molecular formula is C21H29NO6. The highest BCUT2D eigenvalue weighted by atomic mass is 16.5. The normalized spacial score (nSPS) is 27.2. The maximum absolute atomic E-state index is 12.7. The number of ketones is 1. The van der Waals surface area contributed by atoms with E-state index in [4.69, 9.17) is 9.47 Å². The first kappa shape index (κ1) is 21.9. The van der Waals surface area contributed by atoms with Gasteiger partial charge in [0.05, 0.1) is 25.7 Å². The second-order valence-corrected chi connectivity index (χ2v) is 7.29. The van der Waals surface area contributed by atoms with E-state index in [1.165, 1.54) is 21.1 Å². The Balaban J connectivity index is 2.57. The molecule has 0 unspecified atom stereocenters. The van der Waals surface area contributed by atoms with Crippen molar-refractivity contribution in [3.63, 3.8) is 0 Å². The van der Waals surface area contributed by atoms with E-state index in [1.807, 2.05) is 12.1 Å². The first-order chi connectivity index (χ1) is 13.2. The molecule has 0 aromatic heterocycles. The molecule has 4 atom stereocenters. The highest BCUT2D eigenvalue weighted by Gasteiger charge is 2.56. The van der Waals surface area contributed by atoms with Gasteiger partial charge in [0.2, 0.25) is 0 Å². The van der Waals surface area contributed by atoms with Crippen LogP contribution in [0.2, 0.25) is 0 Å². The van der Waals surface area contributed by atoms with Crippen LogP contribution in [0.4, 0.5) is 5.69 Å². The zero-order valence-electron chi connectivity index (χ0n) is 17.1. The number of hydrogen-bond acceptors (Lipinski definition) is 7. The number of carbonyl (C=O) groups is 3. The molecule has 0 spiro atoms. The summed E-state index contributed by atoms with van der Waals surface area (Å²) in [6, 6.07) is 7.36. The lowest BCUT2D eigenvalue weighted by molar-refractivity contribution is -0.170. The van der Waals surface area contributed by atoms with Gasteiger partial charge in [-0.15, -0.1) is 0 Å². The van der Waals surface area contributed by atoms with Crippen molar-refractivity contribution < 1.29 is 29.0 Å². The van der Waals surface area contributed by atoms with Gasteiger partial charge in [0.25, 0.3) is 0 Å². The van der Waals surface area contributed by atoms with Crippen molar-refractivity contribution in [3.8, 4) is 0 Å². The third-order valence-electron chi connectivity index (χ3n) is 5.58. The van der Waals surface area contributed by atoms with Gasteiger partial charge in [0.15, 0.2) is 5.78 Å². The standard InChI is InChI=1S/C21H29NO6/c1-6-22(7-2)14-10-8-13(9-11-14)16-17(19(24)27-4)15(23)12-21(3,26)18(16)20(25)28-5/h8-11,16-18,26H,6-7,12H2,1-5H3/t16-,17+,18-,21-/m0/s1. The summed E-state index contributed by atoms with van der Waals surface area (Å²) in [5, 5.41) is 10.8. The number of hydrogen-bond donors (Lipinski definition) is 1. The predicted molar refractivity (Wildman–Crippen MR) is 104 cm³/mol. The fourth-order valence-electron chi connectivity index (χ4n) is 4.17. The van der Waals surface area contributed by atoms with E-state index in [0.29, 0.717) is 5.56 Å². The molecular weight excluding hydrogens is 362 g/mol. The highest BCUT2D eigenvalue weighted by molar-refractivity contribution is 6.02. The van der Waals surface area contributed by atoms with Crippen LogP contribution in [0.15, 0.2) is 24.3 Å². The summed E-state index contributed by atoms with van der Waals surface area (Å²) in [7, 11) is 2.43. The third-order valence-corrected chi connectivity index (χ3v) is 5.58. The van der Waals surface area contributed by atoms with Gasteiger partial charge in [-0.3, -0.25) is 14.4 Å². The van der Waals surface area contributed by atoms with Gasteiger partial charge < -0.3 is 19.5 Å². The van der Waals surface area contributed by atoms with Crippen LogP contribution >= 0.6 is 0 Å². The minimum atomic E-state index is -1.63. The number of carbonyl (C=O) groups excluding carboxylic acids is 3. The van der Waals surface area contributed by atoms with E-state index in [2.05, 4.69) is 18.7 Å². The molecule has 7 nitrogen and oxygen atoms in total. The highest BCUT2D eigenvalue weighted by Crippen LogP contribution is 2.46. The summed E-state index contributed by atoms with van der Waals surface area (Å²) < 4.78 is 9.74. The van der Waals surface area contributed by atoms with Crippen LogP contribution in [0, 0.1) is 11.8 Å².